The SMILES string of the molecule is CC(COC(=O)CCCc1ccccc1)COC(=O)NC(=N)N(C)C(C(=O)O)C1CCCCC1. The van der Waals surface area contributed by atoms with Crippen LogP contribution in [0, 0.1) is 17.2 Å². The van der Waals surface area contributed by atoms with Crippen molar-refractivity contribution < 1.29 is 29.0 Å². The van der Waals surface area contributed by atoms with Crippen molar-refractivity contribution in [2.75, 3.05) is 20.3 Å². The predicted molar refractivity (Wildman–Crippen MR) is 127 cm³/mol. The molecule has 1 aliphatic carbocycles. The Morgan fingerprint density at radius 3 is 2.41 bits per heavy atom. The van der Waals surface area contributed by atoms with E-state index in [0.29, 0.717) is 12.8 Å². The first kappa shape index (κ1) is 27.1. The zero-order valence-corrected chi connectivity index (χ0v) is 20.1. The van der Waals surface area contributed by atoms with Crippen molar-refractivity contribution in [2.24, 2.45) is 11.8 Å². The third-order valence-corrected chi connectivity index (χ3v) is 6.06. The molecule has 3 N–H and O–H groups in total. The number of esters is 1. The minimum absolute atomic E-state index is 0.00507. The van der Waals surface area contributed by atoms with Crippen molar-refractivity contribution in [1.29, 1.82) is 5.41 Å². The number of ether oxygens (including phenoxy) is 2. The van der Waals surface area contributed by atoms with E-state index >= 15 is 0 Å². The molecular formula is C25H37N3O6. The minimum atomic E-state index is -1.01. The summed E-state index contributed by atoms with van der Waals surface area (Å²) in [6, 6.07) is 9.05. The number of hydrogen-bond donors (Lipinski definition) is 3. The number of amides is 1. The van der Waals surface area contributed by atoms with E-state index < -0.39 is 18.1 Å². The van der Waals surface area contributed by atoms with E-state index in [1.807, 2.05) is 30.3 Å². The van der Waals surface area contributed by atoms with Crippen LogP contribution in [0.4, 0.5) is 4.79 Å². The average Bonchev–Trinajstić information content (AvgIpc) is 2.82. The van der Waals surface area contributed by atoms with Crippen LogP contribution in [0.3, 0.4) is 0 Å². The van der Waals surface area contributed by atoms with Crippen molar-refractivity contribution in [2.45, 2.75) is 64.3 Å². The number of carboxylic acids is 1. The summed E-state index contributed by atoms with van der Waals surface area (Å²) >= 11 is 0. The van der Waals surface area contributed by atoms with Gasteiger partial charge in [-0.1, -0.05) is 56.5 Å². The van der Waals surface area contributed by atoms with Crippen molar-refractivity contribution >= 4 is 24.0 Å². The van der Waals surface area contributed by atoms with Crippen LogP contribution in [0.15, 0.2) is 30.3 Å². The van der Waals surface area contributed by atoms with Crippen LogP contribution >= 0.6 is 0 Å². The maximum Gasteiger partial charge on any atom is 0.413 e. The molecule has 9 heteroatoms. The lowest BCUT2D eigenvalue weighted by atomic mass is 9.83. The predicted octanol–water partition coefficient (Wildman–Crippen LogP) is 3.81. The number of nitrogens with zero attached hydrogens (tertiary/aromatic N) is 1. The lowest BCUT2D eigenvalue weighted by Gasteiger charge is -2.34. The van der Waals surface area contributed by atoms with Gasteiger partial charge in [-0.3, -0.25) is 15.5 Å². The monoisotopic (exact) mass is 475 g/mol. The fraction of sp³-hybridized carbons (Fsp3) is 0.600. The highest BCUT2D eigenvalue weighted by Crippen LogP contribution is 2.28. The number of carboxylic acid groups (broad SMARTS) is 1. The van der Waals surface area contributed by atoms with E-state index in [4.69, 9.17) is 14.9 Å². The Morgan fingerprint density at radius 1 is 1.12 bits per heavy atom. The lowest BCUT2D eigenvalue weighted by Crippen LogP contribution is -2.52. The van der Waals surface area contributed by atoms with E-state index in [9.17, 15) is 19.5 Å². The molecular weight excluding hydrogens is 438 g/mol. The molecule has 2 unspecified atom stereocenters. The van der Waals surface area contributed by atoms with Crippen molar-refractivity contribution in [3.63, 3.8) is 0 Å². The maximum atomic E-state index is 12.1. The van der Waals surface area contributed by atoms with Gasteiger partial charge in [-0.05, 0) is 37.2 Å². The molecule has 0 aromatic heterocycles. The molecule has 0 saturated heterocycles. The summed E-state index contributed by atoms with van der Waals surface area (Å²) < 4.78 is 10.4. The molecule has 0 bridgehead atoms. The van der Waals surface area contributed by atoms with Gasteiger partial charge in [-0.2, -0.15) is 0 Å². The third-order valence-electron chi connectivity index (χ3n) is 6.06. The van der Waals surface area contributed by atoms with Gasteiger partial charge >= 0.3 is 18.0 Å². The average molecular weight is 476 g/mol. The van der Waals surface area contributed by atoms with Crippen LogP contribution in [0.5, 0.6) is 0 Å². The van der Waals surface area contributed by atoms with Crippen LogP contribution in [-0.2, 0) is 25.5 Å². The number of benzene rings is 1. The topological polar surface area (TPSA) is 129 Å². The van der Waals surface area contributed by atoms with E-state index in [1.54, 1.807) is 6.92 Å². The zero-order valence-electron chi connectivity index (χ0n) is 20.1. The largest absolute Gasteiger partial charge is 0.480 e. The molecule has 0 spiro atoms. The van der Waals surface area contributed by atoms with Gasteiger partial charge in [0.1, 0.15) is 6.04 Å². The van der Waals surface area contributed by atoms with Gasteiger partial charge in [0.25, 0.3) is 0 Å². The number of alkyl carbamates (subject to hydrolysis) is 1. The second-order valence-electron chi connectivity index (χ2n) is 8.99. The Morgan fingerprint density at radius 2 is 1.76 bits per heavy atom. The molecule has 1 aromatic rings. The number of aliphatic carboxylic acids is 1. The Kier molecular flexibility index (Phi) is 11.4. The minimum Gasteiger partial charge on any atom is -0.480 e. The summed E-state index contributed by atoms with van der Waals surface area (Å²) in [5, 5.41) is 20.0. The van der Waals surface area contributed by atoms with Crippen molar-refractivity contribution in [3.8, 4) is 0 Å². The Labute approximate surface area is 201 Å². The van der Waals surface area contributed by atoms with E-state index in [-0.39, 0.29) is 37.0 Å². The van der Waals surface area contributed by atoms with Crippen molar-refractivity contribution in [1.82, 2.24) is 10.2 Å². The van der Waals surface area contributed by atoms with Gasteiger partial charge in [0.2, 0.25) is 5.96 Å². The molecule has 0 aliphatic heterocycles. The Balaban J connectivity index is 1.65. The number of carbonyl (C=O) groups excluding carboxylic acids is 2. The van der Waals surface area contributed by atoms with Gasteiger partial charge in [-0.15, -0.1) is 0 Å². The molecule has 9 nitrogen and oxygen atoms in total. The smallest absolute Gasteiger partial charge is 0.413 e. The molecule has 0 radical (unpaired) electrons. The highest BCUT2D eigenvalue weighted by molar-refractivity contribution is 5.94. The van der Waals surface area contributed by atoms with E-state index in [1.165, 1.54) is 17.5 Å². The number of rotatable bonds is 11. The zero-order chi connectivity index (χ0) is 24.9. The first-order valence-corrected chi connectivity index (χ1v) is 12.0. The number of nitrogens with one attached hydrogen (secondary N) is 2. The van der Waals surface area contributed by atoms with E-state index in [0.717, 1.165) is 38.5 Å². The van der Waals surface area contributed by atoms with Crippen LogP contribution in [0.2, 0.25) is 0 Å². The molecule has 2 atom stereocenters. The van der Waals surface area contributed by atoms with Gasteiger partial charge in [0.05, 0.1) is 13.2 Å². The first-order chi connectivity index (χ1) is 16.3. The third kappa shape index (κ3) is 9.41. The van der Waals surface area contributed by atoms with Gasteiger partial charge < -0.3 is 19.5 Å². The Bertz CT molecular complexity index is 810. The van der Waals surface area contributed by atoms with Crippen LogP contribution in [0.1, 0.15) is 57.4 Å². The van der Waals surface area contributed by atoms with Crippen LogP contribution < -0.4 is 5.32 Å². The summed E-state index contributed by atoms with van der Waals surface area (Å²) in [5.74, 6) is -1.89. The quantitative estimate of drug-likeness (QED) is 0.252. The molecule has 0 heterocycles. The summed E-state index contributed by atoms with van der Waals surface area (Å²) in [4.78, 5) is 37.1. The normalized spacial score (nSPS) is 15.6. The molecule has 1 fully saturated rings. The molecule has 1 aromatic carbocycles. The Hall–Kier alpha value is -3.10. The fourth-order valence-corrected chi connectivity index (χ4v) is 4.15. The second-order valence-corrected chi connectivity index (χ2v) is 8.99. The molecule has 2 rings (SSSR count). The highest BCUT2D eigenvalue weighted by atomic mass is 16.6. The lowest BCUT2D eigenvalue weighted by molar-refractivity contribution is -0.145. The maximum absolute atomic E-state index is 12.1. The van der Waals surface area contributed by atoms with Gasteiger partial charge in [0.15, 0.2) is 0 Å². The second kappa shape index (κ2) is 14.2. The van der Waals surface area contributed by atoms with Crippen molar-refractivity contribution in [3.05, 3.63) is 35.9 Å². The highest BCUT2D eigenvalue weighted by Gasteiger charge is 2.34. The van der Waals surface area contributed by atoms with E-state index in [2.05, 4.69) is 5.32 Å². The summed E-state index contributed by atoms with van der Waals surface area (Å²) in [6.07, 6.45) is 5.60. The number of aryl methyl sites for hydroxylation is 1. The fourth-order valence-electron chi connectivity index (χ4n) is 4.15. The molecule has 1 aliphatic rings. The number of guanidine groups is 1. The molecule has 1 saturated carbocycles. The van der Waals surface area contributed by atoms with Crippen LogP contribution in [0.25, 0.3) is 0 Å². The summed E-state index contributed by atoms with van der Waals surface area (Å²) in [7, 11) is 1.50. The summed E-state index contributed by atoms with van der Waals surface area (Å²) in [5.41, 5.74) is 1.17. The first-order valence-electron chi connectivity index (χ1n) is 12.0. The molecule has 188 valence electrons. The molecule has 34 heavy (non-hydrogen) atoms. The summed E-state index contributed by atoms with van der Waals surface area (Å²) in [6.45, 7) is 1.91. The van der Waals surface area contributed by atoms with Gasteiger partial charge in [0, 0.05) is 19.4 Å². The number of likely N-dealkylation sites (N-methyl/N-ethyl adjacent to an activating group) is 1. The molecule has 1 amide bonds. The van der Waals surface area contributed by atoms with Gasteiger partial charge in [-0.25, -0.2) is 9.59 Å². The number of carbonyl (C=O) groups is 3. The standard InChI is InChI=1S/C25H37N3O6/c1-18(16-33-21(29)15-9-12-19-10-5-3-6-11-19)17-34-25(32)27-24(26)28(2)22(23(30)31)20-13-7-4-8-14-20/h3,5-6,10-11,18,20,22H,4,7-9,12-17H2,1-2H3,(H,30,31)(H2,26,27,32). The number of hydrogen-bond acceptors (Lipinski definition) is 6. The van der Waals surface area contributed by atoms with Crippen LogP contribution in [-0.4, -0.2) is 60.3 Å².